The summed E-state index contributed by atoms with van der Waals surface area (Å²) in [6, 6.07) is 0.0998. The highest BCUT2D eigenvalue weighted by molar-refractivity contribution is 4.85. The van der Waals surface area contributed by atoms with Crippen LogP contribution in [0.1, 0.15) is 12.8 Å². The molecule has 0 saturated carbocycles. The van der Waals surface area contributed by atoms with Crippen LogP contribution in [-0.2, 0) is 4.74 Å². The predicted molar refractivity (Wildman–Crippen MR) is 46.7 cm³/mol. The lowest BCUT2D eigenvalue weighted by molar-refractivity contribution is 0.122. The van der Waals surface area contributed by atoms with E-state index in [1.54, 1.807) is 0 Å². The maximum absolute atomic E-state index is 9.32. The van der Waals surface area contributed by atoms with Gasteiger partial charge in [0, 0.05) is 6.42 Å². The number of aliphatic hydroxyl groups excluding tert-OH is 1. The Morgan fingerprint density at radius 3 is 3.00 bits per heavy atom. The highest BCUT2D eigenvalue weighted by Gasteiger charge is 2.24. The summed E-state index contributed by atoms with van der Waals surface area (Å²) in [4.78, 5) is 0. The van der Waals surface area contributed by atoms with Crippen molar-refractivity contribution in [3.05, 3.63) is 0 Å². The molecular formula is C9H15NO2. The third-order valence-electron chi connectivity index (χ3n) is 1.95. The number of hydrogen-bond acceptors (Lipinski definition) is 3. The highest BCUT2D eigenvalue weighted by Crippen LogP contribution is 2.04. The molecule has 2 N–H and O–H groups in total. The largest absolute Gasteiger partial charge is 0.389 e. The number of aliphatic hydroxyl groups is 1. The van der Waals surface area contributed by atoms with Crippen LogP contribution in [0.15, 0.2) is 0 Å². The minimum Gasteiger partial charge on any atom is -0.389 e. The molecule has 1 rings (SSSR count). The van der Waals surface area contributed by atoms with Gasteiger partial charge in [0.05, 0.1) is 25.4 Å². The third-order valence-corrected chi connectivity index (χ3v) is 1.95. The van der Waals surface area contributed by atoms with E-state index in [-0.39, 0.29) is 12.1 Å². The minimum absolute atomic E-state index is 0.0998. The summed E-state index contributed by atoms with van der Waals surface area (Å²) in [5.74, 6) is 2.57. The molecule has 0 spiro atoms. The van der Waals surface area contributed by atoms with Gasteiger partial charge in [0.25, 0.3) is 0 Å². The fourth-order valence-electron chi connectivity index (χ4n) is 1.22. The lowest BCUT2D eigenvalue weighted by atomic mass is 10.2. The molecule has 3 heteroatoms. The second-order valence-corrected chi connectivity index (χ2v) is 2.97. The van der Waals surface area contributed by atoms with E-state index in [9.17, 15) is 5.11 Å². The average Bonchev–Trinajstić information content (AvgIpc) is 2.46. The summed E-state index contributed by atoms with van der Waals surface area (Å²) in [6.45, 7) is 1.92. The van der Waals surface area contributed by atoms with E-state index in [0.717, 1.165) is 19.4 Å². The van der Waals surface area contributed by atoms with Crippen LogP contribution >= 0.6 is 0 Å². The van der Waals surface area contributed by atoms with Crippen LogP contribution in [0.25, 0.3) is 0 Å². The van der Waals surface area contributed by atoms with Gasteiger partial charge in [-0.15, -0.1) is 12.3 Å². The van der Waals surface area contributed by atoms with Gasteiger partial charge in [-0.1, -0.05) is 0 Å². The quantitative estimate of drug-likeness (QED) is 0.450. The zero-order valence-corrected chi connectivity index (χ0v) is 7.12. The molecule has 0 aromatic carbocycles. The summed E-state index contributed by atoms with van der Waals surface area (Å²) in [7, 11) is 0. The topological polar surface area (TPSA) is 41.5 Å². The summed E-state index contributed by atoms with van der Waals surface area (Å²) in [5.41, 5.74) is 0. The first-order valence-corrected chi connectivity index (χ1v) is 4.27. The van der Waals surface area contributed by atoms with Crippen molar-refractivity contribution in [3.63, 3.8) is 0 Å². The molecule has 0 amide bonds. The number of nitrogens with one attached hydrogen (secondary N) is 1. The molecule has 0 aliphatic carbocycles. The highest BCUT2D eigenvalue weighted by atomic mass is 16.5. The first-order chi connectivity index (χ1) is 5.84. The van der Waals surface area contributed by atoms with Crippen LogP contribution in [0.3, 0.4) is 0 Å². The lowest BCUT2D eigenvalue weighted by Crippen LogP contribution is -2.39. The van der Waals surface area contributed by atoms with Crippen molar-refractivity contribution in [1.82, 2.24) is 5.32 Å². The van der Waals surface area contributed by atoms with E-state index in [1.807, 2.05) is 0 Å². The Bertz CT molecular complexity index is 164. The van der Waals surface area contributed by atoms with E-state index in [1.165, 1.54) is 0 Å². The summed E-state index contributed by atoms with van der Waals surface area (Å²) in [5, 5.41) is 12.5. The molecule has 0 radical (unpaired) electrons. The molecule has 12 heavy (non-hydrogen) atoms. The Balaban J connectivity index is 2.03. The molecule has 0 bridgehead atoms. The van der Waals surface area contributed by atoms with Crippen LogP contribution in [0.4, 0.5) is 0 Å². The van der Waals surface area contributed by atoms with Crippen molar-refractivity contribution >= 4 is 0 Å². The van der Waals surface area contributed by atoms with E-state index in [2.05, 4.69) is 11.2 Å². The smallest absolute Gasteiger partial charge is 0.0948 e. The standard InChI is InChI=1S/C9H15NO2/c1-2-3-4-5-10-8-6-12-7-9(8)11/h1,8-11H,3-7H2. The molecule has 0 aromatic heterocycles. The van der Waals surface area contributed by atoms with Gasteiger partial charge in [-0.05, 0) is 13.0 Å². The van der Waals surface area contributed by atoms with E-state index < -0.39 is 0 Å². The summed E-state index contributed by atoms with van der Waals surface area (Å²) in [6.07, 6.45) is 6.49. The van der Waals surface area contributed by atoms with Crippen molar-refractivity contribution < 1.29 is 9.84 Å². The van der Waals surface area contributed by atoms with Crippen molar-refractivity contribution in [2.45, 2.75) is 25.0 Å². The second-order valence-electron chi connectivity index (χ2n) is 2.97. The van der Waals surface area contributed by atoms with Gasteiger partial charge >= 0.3 is 0 Å². The van der Waals surface area contributed by atoms with Crippen molar-refractivity contribution in [2.24, 2.45) is 0 Å². The number of ether oxygens (including phenoxy) is 1. The molecule has 1 saturated heterocycles. The van der Waals surface area contributed by atoms with E-state index >= 15 is 0 Å². The Kier molecular flexibility index (Phi) is 4.09. The number of terminal acetylenes is 1. The molecule has 2 unspecified atom stereocenters. The minimum atomic E-state index is -0.351. The molecule has 1 aliphatic heterocycles. The van der Waals surface area contributed by atoms with Crippen molar-refractivity contribution in [1.29, 1.82) is 0 Å². The maximum atomic E-state index is 9.32. The van der Waals surface area contributed by atoms with Gasteiger partial charge < -0.3 is 15.2 Å². The summed E-state index contributed by atoms with van der Waals surface area (Å²) < 4.78 is 5.07. The molecule has 68 valence electrons. The number of rotatable bonds is 4. The van der Waals surface area contributed by atoms with Crippen LogP contribution < -0.4 is 5.32 Å². The van der Waals surface area contributed by atoms with E-state index in [4.69, 9.17) is 11.2 Å². The van der Waals surface area contributed by atoms with E-state index in [0.29, 0.717) is 13.2 Å². The SMILES string of the molecule is C#CCCCNC1COCC1O. The molecular weight excluding hydrogens is 154 g/mol. The first-order valence-electron chi connectivity index (χ1n) is 4.27. The predicted octanol–water partition coefficient (Wildman–Crippen LogP) is -0.251. The number of hydrogen-bond donors (Lipinski definition) is 2. The zero-order valence-electron chi connectivity index (χ0n) is 7.12. The fraction of sp³-hybridized carbons (Fsp3) is 0.778. The number of unbranched alkanes of at least 4 members (excludes halogenated alkanes) is 1. The van der Waals surface area contributed by atoms with Gasteiger partial charge in [-0.2, -0.15) is 0 Å². The second kappa shape index (κ2) is 5.15. The van der Waals surface area contributed by atoms with Crippen LogP contribution in [0.2, 0.25) is 0 Å². The molecule has 2 atom stereocenters. The van der Waals surface area contributed by atoms with Gasteiger partial charge in [-0.25, -0.2) is 0 Å². The lowest BCUT2D eigenvalue weighted by Gasteiger charge is -2.13. The van der Waals surface area contributed by atoms with Crippen molar-refractivity contribution in [2.75, 3.05) is 19.8 Å². The van der Waals surface area contributed by atoms with Crippen LogP contribution in [0.5, 0.6) is 0 Å². The average molecular weight is 169 g/mol. The van der Waals surface area contributed by atoms with Crippen LogP contribution in [0, 0.1) is 12.3 Å². The van der Waals surface area contributed by atoms with Crippen molar-refractivity contribution in [3.8, 4) is 12.3 Å². The maximum Gasteiger partial charge on any atom is 0.0948 e. The fourth-order valence-corrected chi connectivity index (χ4v) is 1.22. The third kappa shape index (κ3) is 2.82. The molecule has 1 heterocycles. The Morgan fingerprint density at radius 2 is 2.42 bits per heavy atom. The van der Waals surface area contributed by atoms with Gasteiger partial charge in [0.15, 0.2) is 0 Å². The molecule has 0 aromatic rings. The molecule has 1 aliphatic rings. The Morgan fingerprint density at radius 1 is 1.58 bits per heavy atom. The van der Waals surface area contributed by atoms with Gasteiger partial charge in [0.1, 0.15) is 0 Å². The van der Waals surface area contributed by atoms with Crippen LogP contribution in [-0.4, -0.2) is 37.0 Å². The monoisotopic (exact) mass is 169 g/mol. The molecule has 3 nitrogen and oxygen atoms in total. The first kappa shape index (κ1) is 9.53. The normalized spacial score (nSPS) is 28.7. The summed E-state index contributed by atoms with van der Waals surface area (Å²) >= 11 is 0. The van der Waals surface area contributed by atoms with Gasteiger partial charge in [0.2, 0.25) is 0 Å². The Labute approximate surface area is 73.1 Å². The van der Waals surface area contributed by atoms with Gasteiger partial charge in [-0.3, -0.25) is 0 Å². The molecule has 1 fully saturated rings. The Hall–Kier alpha value is -0.560. The zero-order chi connectivity index (χ0) is 8.81.